The quantitative estimate of drug-likeness (QED) is 0.892. The van der Waals surface area contributed by atoms with Crippen LogP contribution in [-0.4, -0.2) is 31.9 Å². The molecule has 1 saturated heterocycles. The number of morpholine rings is 1. The zero-order chi connectivity index (χ0) is 13.1. The summed E-state index contributed by atoms with van der Waals surface area (Å²) in [6, 6.07) is 4.59. The summed E-state index contributed by atoms with van der Waals surface area (Å²) in [6.45, 7) is 10.7. The average molecular weight is 249 g/mol. The van der Waals surface area contributed by atoms with Crippen molar-refractivity contribution >= 4 is 0 Å². The van der Waals surface area contributed by atoms with Crippen molar-refractivity contribution in [2.75, 3.05) is 19.8 Å². The Labute approximate surface area is 109 Å². The van der Waals surface area contributed by atoms with E-state index in [0.29, 0.717) is 18.8 Å². The van der Waals surface area contributed by atoms with Gasteiger partial charge in [-0.25, -0.2) is 0 Å². The van der Waals surface area contributed by atoms with Crippen LogP contribution in [0.25, 0.3) is 0 Å². The minimum Gasteiger partial charge on any atom is -0.492 e. The molecule has 18 heavy (non-hydrogen) atoms. The lowest BCUT2D eigenvalue weighted by molar-refractivity contribution is 0.00450. The Morgan fingerprint density at radius 2 is 1.94 bits per heavy atom. The third-order valence-corrected chi connectivity index (χ3v) is 3.51. The SMILES string of the molecule is Cc1cc(C)c(OCC2COC(C)CN2)cc1C. The van der Waals surface area contributed by atoms with Crippen LogP contribution in [0.3, 0.4) is 0 Å². The molecule has 0 spiro atoms. The summed E-state index contributed by atoms with van der Waals surface area (Å²) >= 11 is 0. The molecule has 3 nitrogen and oxygen atoms in total. The fourth-order valence-electron chi connectivity index (χ4n) is 2.12. The number of nitrogens with one attached hydrogen (secondary N) is 1. The van der Waals surface area contributed by atoms with Gasteiger partial charge in [0.1, 0.15) is 12.4 Å². The zero-order valence-corrected chi connectivity index (χ0v) is 11.7. The van der Waals surface area contributed by atoms with E-state index in [1.807, 2.05) is 0 Å². The molecule has 2 atom stereocenters. The van der Waals surface area contributed by atoms with Crippen LogP contribution in [0.4, 0.5) is 0 Å². The summed E-state index contributed by atoms with van der Waals surface area (Å²) in [5.41, 5.74) is 3.79. The second-order valence-corrected chi connectivity index (χ2v) is 5.26. The number of hydrogen-bond donors (Lipinski definition) is 1. The number of hydrogen-bond acceptors (Lipinski definition) is 3. The summed E-state index contributed by atoms with van der Waals surface area (Å²) in [7, 11) is 0. The topological polar surface area (TPSA) is 30.5 Å². The molecular weight excluding hydrogens is 226 g/mol. The molecule has 1 aliphatic heterocycles. The van der Waals surface area contributed by atoms with Crippen LogP contribution in [0.15, 0.2) is 12.1 Å². The first kappa shape index (κ1) is 13.4. The second-order valence-electron chi connectivity index (χ2n) is 5.26. The zero-order valence-electron chi connectivity index (χ0n) is 11.7. The van der Waals surface area contributed by atoms with Gasteiger partial charge in [-0.05, 0) is 50.5 Å². The first-order chi connectivity index (χ1) is 8.56. The van der Waals surface area contributed by atoms with E-state index in [-0.39, 0.29) is 0 Å². The molecule has 0 bridgehead atoms. The molecule has 1 heterocycles. The van der Waals surface area contributed by atoms with Gasteiger partial charge in [0.05, 0.1) is 18.8 Å². The maximum absolute atomic E-state index is 5.90. The molecule has 0 saturated carbocycles. The van der Waals surface area contributed by atoms with E-state index in [4.69, 9.17) is 9.47 Å². The molecule has 2 rings (SSSR count). The predicted molar refractivity (Wildman–Crippen MR) is 73.4 cm³/mol. The van der Waals surface area contributed by atoms with Gasteiger partial charge in [-0.15, -0.1) is 0 Å². The van der Waals surface area contributed by atoms with Crippen molar-refractivity contribution in [1.29, 1.82) is 0 Å². The average Bonchev–Trinajstić information content (AvgIpc) is 2.34. The summed E-state index contributed by atoms with van der Waals surface area (Å²) in [5.74, 6) is 0.985. The molecule has 1 aromatic rings. The normalized spacial score (nSPS) is 24.0. The standard InChI is InChI=1S/C15H23NO2/c1-10-5-12(3)15(6-11(10)2)18-9-14-8-17-13(4)7-16-14/h5-6,13-14,16H,7-9H2,1-4H3. The fourth-order valence-corrected chi connectivity index (χ4v) is 2.12. The molecule has 1 N–H and O–H groups in total. The first-order valence-corrected chi connectivity index (χ1v) is 6.62. The Morgan fingerprint density at radius 1 is 1.22 bits per heavy atom. The lowest BCUT2D eigenvalue weighted by Gasteiger charge is -2.28. The largest absolute Gasteiger partial charge is 0.492 e. The highest BCUT2D eigenvalue weighted by Crippen LogP contribution is 2.22. The molecule has 0 radical (unpaired) electrons. The van der Waals surface area contributed by atoms with E-state index in [1.54, 1.807) is 0 Å². The first-order valence-electron chi connectivity index (χ1n) is 6.62. The number of aryl methyl sites for hydroxylation is 3. The molecule has 0 amide bonds. The monoisotopic (exact) mass is 249 g/mol. The third-order valence-electron chi connectivity index (χ3n) is 3.51. The lowest BCUT2D eigenvalue weighted by Crippen LogP contribution is -2.48. The van der Waals surface area contributed by atoms with Crippen molar-refractivity contribution in [1.82, 2.24) is 5.32 Å². The van der Waals surface area contributed by atoms with Crippen LogP contribution in [0.5, 0.6) is 5.75 Å². The van der Waals surface area contributed by atoms with Gasteiger partial charge in [0.25, 0.3) is 0 Å². The van der Waals surface area contributed by atoms with Crippen molar-refractivity contribution in [2.24, 2.45) is 0 Å². The minimum atomic E-state index is 0.294. The van der Waals surface area contributed by atoms with Crippen molar-refractivity contribution in [3.8, 4) is 5.75 Å². The van der Waals surface area contributed by atoms with Crippen LogP contribution in [0, 0.1) is 20.8 Å². The Kier molecular flexibility index (Phi) is 4.25. The van der Waals surface area contributed by atoms with E-state index in [0.717, 1.165) is 18.9 Å². The summed E-state index contributed by atoms with van der Waals surface area (Å²) < 4.78 is 11.5. The van der Waals surface area contributed by atoms with E-state index in [2.05, 4.69) is 45.1 Å². The molecule has 1 aromatic carbocycles. The number of benzene rings is 1. The van der Waals surface area contributed by atoms with Gasteiger partial charge in [-0.3, -0.25) is 0 Å². The fraction of sp³-hybridized carbons (Fsp3) is 0.600. The van der Waals surface area contributed by atoms with E-state index < -0.39 is 0 Å². The minimum absolute atomic E-state index is 0.294. The van der Waals surface area contributed by atoms with Crippen LogP contribution < -0.4 is 10.1 Å². The van der Waals surface area contributed by atoms with Gasteiger partial charge in [-0.2, -0.15) is 0 Å². The van der Waals surface area contributed by atoms with Crippen molar-refractivity contribution in [3.63, 3.8) is 0 Å². The summed E-state index contributed by atoms with van der Waals surface area (Å²) in [5, 5.41) is 3.43. The summed E-state index contributed by atoms with van der Waals surface area (Å²) in [4.78, 5) is 0. The van der Waals surface area contributed by atoms with Gasteiger partial charge in [-0.1, -0.05) is 6.07 Å². The molecule has 2 unspecified atom stereocenters. The number of ether oxygens (including phenoxy) is 2. The van der Waals surface area contributed by atoms with Crippen LogP contribution in [0.2, 0.25) is 0 Å². The third kappa shape index (κ3) is 3.24. The van der Waals surface area contributed by atoms with Crippen LogP contribution in [-0.2, 0) is 4.74 Å². The highest BCUT2D eigenvalue weighted by atomic mass is 16.5. The van der Waals surface area contributed by atoms with E-state index >= 15 is 0 Å². The second kappa shape index (κ2) is 5.72. The smallest absolute Gasteiger partial charge is 0.122 e. The molecule has 100 valence electrons. The van der Waals surface area contributed by atoms with E-state index in [1.165, 1.54) is 16.7 Å². The molecule has 0 aliphatic carbocycles. The Balaban J connectivity index is 1.92. The highest BCUT2D eigenvalue weighted by Gasteiger charge is 2.18. The van der Waals surface area contributed by atoms with Crippen molar-refractivity contribution < 1.29 is 9.47 Å². The Morgan fingerprint density at radius 3 is 2.61 bits per heavy atom. The van der Waals surface area contributed by atoms with Gasteiger partial charge in [0.2, 0.25) is 0 Å². The van der Waals surface area contributed by atoms with Crippen LogP contribution >= 0.6 is 0 Å². The van der Waals surface area contributed by atoms with Gasteiger partial charge in [0, 0.05) is 6.54 Å². The van der Waals surface area contributed by atoms with E-state index in [9.17, 15) is 0 Å². The van der Waals surface area contributed by atoms with Gasteiger partial charge in [0.15, 0.2) is 0 Å². The molecule has 1 fully saturated rings. The Bertz CT molecular complexity index is 409. The van der Waals surface area contributed by atoms with Crippen LogP contribution in [0.1, 0.15) is 23.6 Å². The van der Waals surface area contributed by atoms with Crippen molar-refractivity contribution in [3.05, 3.63) is 28.8 Å². The molecule has 1 aliphatic rings. The van der Waals surface area contributed by atoms with Gasteiger partial charge < -0.3 is 14.8 Å². The maximum atomic E-state index is 5.90. The maximum Gasteiger partial charge on any atom is 0.122 e. The summed E-state index contributed by atoms with van der Waals surface area (Å²) in [6.07, 6.45) is 0.310. The molecule has 3 heteroatoms. The molecular formula is C15H23NO2. The molecule has 0 aromatic heterocycles. The highest BCUT2D eigenvalue weighted by molar-refractivity contribution is 5.40. The predicted octanol–water partition coefficient (Wildman–Crippen LogP) is 2.37. The Hall–Kier alpha value is -1.06. The number of rotatable bonds is 3. The lowest BCUT2D eigenvalue weighted by atomic mass is 10.1. The van der Waals surface area contributed by atoms with Gasteiger partial charge >= 0.3 is 0 Å². The van der Waals surface area contributed by atoms with Crippen molar-refractivity contribution in [2.45, 2.75) is 39.8 Å².